The highest BCUT2D eigenvalue weighted by Gasteiger charge is 2.24. The van der Waals surface area contributed by atoms with E-state index >= 15 is 0 Å². The highest BCUT2D eigenvalue weighted by atomic mass is 32.2. The SMILES string of the molecule is C=Cc1cccc(S(=O)(=O)N(C)CCC(=O)Nc2ccc(N3CCN(c4ccncc4)CC3)cc2)c1C=C. The summed E-state index contributed by atoms with van der Waals surface area (Å²) in [6.07, 6.45) is 6.75. The van der Waals surface area contributed by atoms with E-state index < -0.39 is 10.0 Å². The highest BCUT2D eigenvalue weighted by molar-refractivity contribution is 7.89. The molecule has 1 amide bonds. The zero-order valence-electron chi connectivity index (χ0n) is 21.6. The molecule has 4 rings (SSSR count). The monoisotopic (exact) mass is 531 g/mol. The Morgan fingerprint density at radius 3 is 2.13 bits per heavy atom. The lowest BCUT2D eigenvalue weighted by Gasteiger charge is -2.37. The van der Waals surface area contributed by atoms with Crippen LogP contribution in [0.15, 0.2) is 85.0 Å². The first-order chi connectivity index (χ1) is 18.3. The largest absolute Gasteiger partial charge is 0.368 e. The second-order valence-electron chi connectivity index (χ2n) is 9.02. The molecule has 3 aromatic rings. The molecular formula is C29H33N5O3S. The number of rotatable bonds is 10. The Bertz CT molecular complexity index is 1380. The first-order valence-electron chi connectivity index (χ1n) is 12.5. The van der Waals surface area contributed by atoms with Crippen LogP contribution in [-0.2, 0) is 14.8 Å². The third kappa shape index (κ3) is 6.12. The van der Waals surface area contributed by atoms with Gasteiger partial charge in [0.05, 0.1) is 4.90 Å². The second-order valence-corrected chi connectivity index (χ2v) is 11.0. The summed E-state index contributed by atoms with van der Waals surface area (Å²) in [5, 5.41) is 2.87. The quantitative estimate of drug-likeness (QED) is 0.419. The Labute approximate surface area is 225 Å². The minimum Gasteiger partial charge on any atom is -0.368 e. The average Bonchev–Trinajstić information content (AvgIpc) is 2.96. The molecule has 0 bridgehead atoms. The van der Waals surface area contributed by atoms with Crippen LogP contribution in [0.1, 0.15) is 17.5 Å². The Kier molecular flexibility index (Phi) is 8.60. The fraction of sp³-hybridized carbons (Fsp3) is 0.241. The number of hydrogen-bond donors (Lipinski definition) is 1. The number of pyridine rings is 1. The summed E-state index contributed by atoms with van der Waals surface area (Å²) in [5.41, 5.74) is 4.14. The van der Waals surface area contributed by atoms with Gasteiger partial charge in [-0.2, -0.15) is 0 Å². The van der Waals surface area contributed by atoms with Gasteiger partial charge < -0.3 is 15.1 Å². The molecule has 38 heavy (non-hydrogen) atoms. The van der Waals surface area contributed by atoms with Crippen molar-refractivity contribution in [1.29, 1.82) is 0 Å². The number of benzene rings is 2. The van der Waals surface area contributed by atoms with E-state index in [1.807, 2.05) is 48.8 Å². The van der Waals surface area contributed by atoms with Gasteiger partial charge >= 0.3 is 0 Å². The molecule has 0 atom stereocenters. The van der Waals surface area contributed by atoms with Crippen LogP contribution in [-0.4, -0.2) is 63.4 Å². The fourth-order valence-corrected chi connectivity index (χ4v) is 5.88. The number of piperazine rings is 1. The minimum atomic E-state index is -3.80. The smallest absolute Gasteiger partial charge is 0.243 e. The third-order valence-electron chi connectivity index (χ3n) is 6.69. The molecule has 1 N–H and O–H groups in total. The van der Waals surface area contributed by atoms with Crippen molar-refractivity contribution in [3.05, 3.63) is 91.3 Å². The van der Waals surface area contributed by atoms with Crippen LogP contribution in [0.3, 0.4) is 0 Å². The first kappa shape index (κ1) is 27.1. The van der Waals surface area contributed by atoms with Gasteiger partial charge in [-0.05, 0) is 48.0 Å². The molecule has 0 aliphatic carbocycles. The number of hydrogen-bond acceptors (Lipinski definition) is 6. The Morgan fingerprint density at radius 2 is 1.55 bits per heavy atom. The minimum absolute atomic E-state index is 0.0268. The van der Waals surface area contributed by atoms with E-state index in [1.54, 1.807) is 18.2 Å². The standard InChI is InChI=1S/C29H33N5O3S/c1-4-23-7-6-8-28(27(23)5-2)38(36,37)32(3)18-15-29(35)31-24-9-11-25(12-10-24)33-19-21-34(22-20-33)26-13-16-30-17-14-26/h4-14,16-17H,1-2,15,18-22H2,3H3,(H,31,35). The Balaban J connectivity index is 1.29. The Hall–Kier alpha value is -3.95. The molecule has 8 nitrogen and oxygen atoms in total. The average molecular weight is 532 g/mol. The lowest BCUT2D eigenvalue weighted by atomic mass is 10.1. The summed E-state index contributed by atoms with van der Waals surface area (Å²) in [5.74, 6) is -0.255. The van der Waals surface area contributed by atoms with E-state index in [0.717, 1.165) is 31.9 Å². The molecular weight excluding hydrogens is 498 g/mol. The summed E-state index contributed by atoms with van der Waals surface area (Å²) in [6, 6.07) is 16.8. The third-order valence-corrected chi connectivity index (χ3v) is 8.60. The first-order valence-corrected chi connectivity index (χ1v) is 13.9. The summed E-state index contributed by atoms with van der Waals surface area (Å²) >= 11 is 0. The number of amides is 1. The van der Waals surface area contributed by atoms with Crippen molar-refractivity contribution in [2.45, 2.75) is 11.3 Å². The van der Waals surface area contributed by atoms with Crippen LogP contribution >= 0.6 is 0 Å². The predicted octanol–water partition coefficient (Wildman–Crippen LogP) is 4.34. The number of carbonyl (C=O) groups excluding carboxylic acids is 1. The van der Waals surface area contributed by atoms with Gasteiger partial charge in [-0.25, -0.2) is 12.7 Å². The van der Waals surface area contributed by atoms with Gasteiger partial charge in [0.2, 0.25) is 15.9 Å². The molecule has 2 heterocycles. The van der Waals surface area contributed by atoms with E-state index in [-0.39, 0.29) is 23.8 Å². The predicted molar refractivity (Wildman–Crippen MR) is 155 cm³/mol. The van der Waals surface area contributed by atoms with Crippen molar-refractivity contribution in [1.82, 2.24) is 9.29 Å². The molecule has 9 heteroatoms. The summed E-state index contributed by atoms with van der Waals surface area (Å²) in [6.45, 7) is 11.2. The van der Waals surface area contributed by atoms with Gasteiger partial charge in [-0.1, -0.05) is 37.4 Å². The molecule has 1 aliphatic heterocycles. The maximum Gasteiger partial charge on any atom is 0.243 e. The highest BCUT2D eigenvalue weighted by Crippen LogP contribution is 2.25. The number of nitrogens with zero attached hydrogens (tertiary/aromatic N) is 4. The summed E-state index contributed by atoms with van der Waals surface area (Å²) in [7, 11) is -2.33. The molecule has 1 fully saturated rings. The van der Waals surface area contributed by atoms with E-state index in [0.29, 0.717) is 16.8 Å². The molecule has 0 saturated carbocycles. The second kappa shape index (κ2) is 12.1. The molecule has 1 saturated heterocycles. The lowest BCUT2D eigenvalue weighted by Crippen LogP contribution is -2.46. The maximum absolute atomic E-state index is 13.1. The summed E-state index contributed by atoms with van der Waals surface area (Å²) < 4.78 is 27.5. The van der Waals surface area contributed by atoms with Gasteiger partial charge in [0.1, 0.15) is 0 Å². The van der Waals surface area contributed by atoms with Gasteiger partial charge in [-0.3, -0.25) is 9.78 Å². The van der Waals surface area contributed by atoms with Crippen molar-refractivity contribution in [2.24, 2.45) is 0 Å². The van der Waals surface area contributed by atoms with E-state index in [9.17, 15) is 13.2 Å². The molecule has 0 spiro atoms. The fourth-order valence-electron chi connectivity index (χ4n) is 4.49. The number of nitrogens with one attached hydrogen (secondary N) is 1. The number of sulfonamides is 1. The zero-order chi connectivity index (χ0) is 27.1. The van der Waals surface area contributed by atoms with Crippen LogP contribution in [0.4, 0.5) is 17.1 Å². The van der Waals surface area contributed by atoms with Crippen LogP contribution in [0.5, 0.6) is 0 Å². The molecule has 0 radical (unpaired) electrons. The van der Waals surface area contributed by atoms with Crippen LogP contribution in [0, 0.1) is 0 Å². The summed E-state index contributed by atoms with van der Waals surface area (Å²) in [4.78, 5) is 21.5. The molecule has 1 aromatic heterocycles. The topological polar surface area (TPSA) is 85.8 Å². The van der Waals surface area contributed by atoms with E-state index in [4.69, 9.17) is 0 Å². The van der Waals surface area contributed by atoms with Crippen molar-refractivity contribution < 1.29 is 13.2 Å². The van der Waals surface area contributed by atoms with E-state index in [2.05, 4.69) is 33.3 Å². The molecule has 2 aromatic carbocycles. The number of anilines is 3. The molecule has 1 aliphatic rings. The van der Waals surface area contributed by atoms with Crippen molar-refractivity contribution in [2.75, 3.05) is 54.9 Å². The van der Waals surface area contributed by atoms with Gasteiger partial charge in [0.25, 0.3) is 0 Å². The lowest BCUT2D eigenvalue weighted by molar-refractivity contribution is -0.116. The normalized spacial score (nSPS) is 13.8. The van der Waals surface area contributed by atoms with Crippen LogP contribution < -0.4 is 15.1 Å². The maximum atomic E-state index is 13.1. The van der Waals surface area contributed by atoms with E-state index in [1.165, 1.54) is 29.2 Å². The zero-order valence-corrected chi connectivity index (χ0v) is 22.4. The van der Waals surface area contributed by atoms with Gasteiger partial charge in [-0.15, -0.1) is 0 Å². The number of aromatic nitrogens is 1. The van der Waals surface area contributed by atoms with Gasteiger partial charge in [0.15, 0.2) is 0 Å². The molecule has 198 valence electrons. The van der Waals surface area contributed by atoms with Crippen LogP contribution in [0.25, 0.3) is 12.2 Å². The van der Waals surface area contributed by atoms with Crippen molar-refractivity contribution in [3.63, 3.8) is 0 Å². The van der Waals surface area contributed by atoms with Crippen molar-refractivity contribution in [3.8, 4) is 0 Å². The van der Waals surface area contributed by atoms with Gasteiger partial charge in [0, 0.05) is 81.2 Å². The molecule has 0 unspecified atom stereocenters. The Morgan fingerprint density at radius 1 is 0.947 bits per heavy atom. The van der Waals surface area contributed by atoms with Crippen molar-refractivity contribution >= 4 is 45.1 Å². The van der Waals surface area contributed by atoms with Crippen LogP contribution in [0.2, 0.25) is 0 Å². The number of carbonyl (C=O) groups is 1.